The van der Waals surface area contributed by atoms with Crippen LogP contribution in [0.5, 0.6) is 0 Å². The van der Waals surface area contributed by atoms with Crippen LogP contribution in [0, 0.1) is 11.5 Å². The zero-order chi connectivity index (χ0) is 26.4. The number of anilines is 1. The largest absolute Gasteiger partial charge is 0.377 e. The van der Waals surface area contributed by atoms with Crippen LogP contribution in [0.25, 0.3) is 0 Å². The van der Waals surface area contributed by atoms with E-state index in [1.165, 1.54) is 16.2 Å². The Kier molecular flexibility index (Phi) is 8.45. The molecule has 2 atom stereocenters. The van der Waals surface area contributed by atoms with Gasteiger partial charge in [-0.1, -0.05) is 58.2 Å². The van der Waals surface area contributed by atoms with Gasteiger partial charge in [0.1, 0.15) is 12.1 Å². The quantitative estimate of drug-likeness (QED) is 0.597. The molecule has 2 amide bonds. The zero-order valence-corrected chi connectivity index (χ0v) is 22.0. The Labute approximate surface area is 219 Å². The number of carbonyl (C=O) groups is 2. The summed E-state index contributed by atoms with van der Waals surface area (Å²) < 4.78 is 5.60. The van der Waals surface area contributed by atoms with Gasteiger partial charge in [-0.05, 0) is 42.0 Å². The molecular weight excluding hydrogens is 466 g/mol. The van der Waals surface area contributed by atoms with Crippen LogP contribution in [0.1, 0.15) is 70.0 Å². The Morgan fingerprint density at radius 3 is 2.51 bits per heavy atom. The van der Waals surface area contributed by atoms with Crippen molar-refractivity contribution in [3.63, 3.8) is 0 Å². The average Bonchev–Trinajstić information content (AvgIpc) is 2.92. The first-order valence-corrected chi connectivity index (χ1v) is 13.2. The summed E-state index contributed by atoms with van der Waals surface area (Å²) in [6.07, 6.45) is 10.6. The molecule has 0 bridgehead atoms. The molecule has 1 aromatic carbocycles. The summed E-state index contributed by atoms with van der Waals surface area (Å²) in [5.74, 6) is -0.592. The summed E-state index contributed by atoms with van der Waals surface area (Å²) in [7, 11) is 0. The predicted octanol–water partition coefficient (Wildman–Crippen LogP) is 4.08. The van der Waals surface area contributed by atoms with Crippen molar-refractivity contribution < 1.29 is 14.3 Å². The Morgan fingerprint density at radius 2 is 1.89 bits per heavy atom. The van der Waals surface area contributed by atoms with Gasteiger partial charge in [-0.3, -0.25) is 24.4 Å². The van der Waals surface area contributed by atoms with Gasteiger partial charge in [0.05, 0.1) is 19.8 Å². The normalized spacial score (nSPS) is 19.5. The lowest BCUT2D eigenvalue weighted by atomic mass is 9.87. The minimum Gasteiger partial charge on any atom is -0.377 e. The number of nitrogens with zero attached hydrogens (tertiary/aromatic N) is 4. The van der Waals surface area contributed by atoms with Crippen LogP contribution < -0.4 is 10.2 Å². The van der Waals surface area contributed by atoms with E-state index in [1.54, 1.807) is 18.5 Å². The van der Waals surface area contributed by atoms with E-state index in [0.717, 1.165) is 31.2 Å². The molecule has 2 aliphatic rings. The molecule has 2 unspecified atom stereocenters. The molecule has 37 heavy (non-hydrogen) atoms. The van der Waals surface area contributed by atoms with Gasteiger partial charge >= 0.3 is 0 Å². The first kappa shape index (κ1) is 26.6. The highest BCUT2D eigenvalue weighted by molar-refractivity contribution is 6.04. The predicted molar refractivity (Wildman–Crippen MR) is 142 cm³/mol. The van der Waals surface area contributed by atoms with Crippen LogP contribution in [0.15, 0.2) is 48.8 Å². The fourth-order valence-corrected chi connectivity index (χ4v) is 5.10. The van der Waals surface area contributed by atoms with Crippen molar-refractivity contribution in [2.45, 2.75) is 76.4 Å². The van der Waals surface area contributed by atoms with Gasteiger partial charge in [-0.25, -0.2) is 0 Å². The van der Waals surface area contributed by atoms with E-state index in [0.29, 0.717) is 24.4 Å². The number of rotatable bonds is 6. The molecule has 1 aromatic heterocycles. The van der Waals surface area contributed by atoms with Crippen molar-refractivity contribution in [2.75, 3.05) is 24.7 Å². The van der Waals surface area contributed by atoms with Crippen LogP contribution >= 0.6 is 0 Å². The fraction of sp³-hybridized carbons (Fsp3) is 0.517. The molecule has 1 aliphatic carbocycles. The van der Waals surface area contributed by atoms with Crippen molar-refractivity contribution in [1.82, 2.24) is 15.2 Å². The van der Waals surface area contributed by atoms with Crippen LogP contribution in [-0.4, -0.2) is 53.5 Å². The third-order valence-corrected chi connectivity index (χ3v) is 7.25. The maximum absolute atomic E-state index is 14.2. The van der Waals surface area contributed by atoms with E-state index in [2.05, 4.69) is 37.3 Å². The van der Waals surface area contributed by atoms with E-state index in [1.807, 2.05) is 30.3 Å². The molecular formula is C29H37N5O3. The first-order chi connectivity index (χ1) is 17.8. The van der Waals surface area contributed by atoms with E-state index in [-0.39, 0.29) is 29.9 Å². The minimum atomic E-state index is -0.939. The van der Waals surface area contributed by atoms with Gasteiger partial charge in [0.25, 0.3) is 5.91 Å². The Morgan fingerprint density at radius 1 is 1.16 bits per heavy atom. The lowest BCUT2D eigenvalue weighted by molar-refractivity contribution is -0.132. The second-order valence-electron chi connectivity index (χ2n) is 10.9. The molecule has 2 fully saturated rings. The highest BCUT2D eigenvalue weighted by Gasteiger charge is 2.40. The summed E-state index contributed by atoms with van der Waals surface area (Å²) in [4.78, 5) is 35.4. The number of nitrogens with one attached hydrogen (secondary N) is 1. The molecule has 0 radical (unpaired) electrons. The van der Waals surface area contributed by atoms with Gasteiger partial charge in [0.15, 0.2) is 6.19 Å². The summed E-state index contributed by atoms with van der Waals surface area (Å²) in [6.45, 7) is 7.19. The lowest BCUT2D eigenvalue weighted by Crippen LogP contribution is -2.56. The maximum atomic E-state index is 14.2. The maximum Gasteiger partial charge on any atom is 0.253 e. The second kappa shape index (κ2) is 11.7. The first-order valence-electron chi connectivity index (χ1n) is 13.2. The number of aromatic nitrogens is 1. The zero-order valence-electron chi connectivity index (χ0n) is 22.0. The molecule has 4 rings (SSSR count). The summed E-state index contributed by atoms with van der Waals surface area (Å²) in [5.41, 5.74) is 2.26. The fourth-order valence-electron chi connectivity index (χ4n) is 5.10. The molecule has 1 N–H and O–H groups in total. The number of amides is 2. The molecule has 0 spiro atoms. The van der Waals surface area contributed by atoms with Gasteiger partial charge in [0.2, 0.25) is 5.91 Å². The lowest BCUT2D eigenvalue weighted by Gasteiger charge is -2.38. The number of pyridine rings is 1. The summed E-state index contributed by atoms with van der Waals surface area (Å²) >= 11 is 0. The van der Waals surface area contributed by atoms with Gasteiger partial charge in [-0.15, -0.1) is 0 Å². The van der Waals surface area contributed by atoms with Gasteiger partial charge in [-0.2, -0.15) is 5.26 Å². The van der Waals surface area contributed by atoms with Crippen molar-refractivity contribution in [3.8, 4) is 6.19 Å². The van der Waals surface area contributed by atoms with E-state index in [9.17, 15) is 14.9 Å². The SMILES string of the molecule is CC(C)(C)c1ccc(N(C(=O)C2COCCN2C#N)C(C(=O)NC2CCCCC2)c2cccnc2)cc1. The summed E-state index contributed by atoms with van der Waals surface area (Å²) in [5, 5.41) is 12.9. The standard InChI is InChI=1S/C29H37N5O3/c1-29(2,3)22-11-13-24(14-12-22)34(28(36)25-19-37-17-16-33(25)20-30)26(21-8-7-15-31-18-21)27(35)32-23-9-5-4-6-10-23/h7-8,11-15,18,23,25-26H,4-6,9-10,16-17,19H2,1-3H3,(H,32,35). The van der Waals surface area contributed by atoms with Crippen molar-refractivity contribution in [1.29, 1.82) is 5.26 Å². The average molecular weight is 504 g/mol. The molecule has 1 saturated heterocycles. The monoisotopic (exact) mass is 503 g/mol. The Balaban J connectivity index is 1.78. The van der Waals surface area contributed by atoms with Crippen LogP contribution in [-0.2, 0) is 19.7 Å². The number of carbonyl (C=O) groups excluding carboxylic acids is 2. The highest BCUT2D eigenvalue weighted by atomic mass is 16.5. The molecule has 2 aromatic rings. The van der Waals surface area contributed by atoms with Crippen LogP contribution in [0.3, 0.4) is 0 Å². The Hall–Kier alpha value is -3.44. The van der Waals surface area contributed by atoms with E-state index < -0.39 is 12.1 Å². The van der Waals surface area contributed by atoms with Gasteiger partial charge < -0.3 is 10.1 Å². The molecule has 2 heterocycles. The number of hydrogen-bond acceptors (Lipinski definition) is 6. The highest BCUT2D eigenvalue weighted by Crippen LogP contribution is 2.32. The number of ether oxygens (including phenoxy) is 1. The second-order valence-corrected chi connectivity index (χ2v) is 10.9. The van der Waals surface area contributed by atoms with Crippen molar-refractivity contribution >= 4 is 17.5 Å². The van der Waals surface area contributed by atoms with E-state index in [4.69, 9.17) is 4.74 Å². The van der Waals surface area contributed by atoms with Crippen LogP contribution in [0.2, 0.25) is 0 Å². The molecule has 8 nitrogen and oxygen atoms in total. The number of hydrogen-bond donors (Lipinski definition) is 1. The third kappa shape index (κ3) is 6.28. The number of morpholine rings is 1. The number of benzene rings is 1. The van der Waals surface area contributed by atoms with E-state index >= 15 is 0 Å². The Bertz CT molecular complexity index is 1100. The molecule has 1 saturated carbocycles. The molecule has 1 aliphatic heterocycles. The van der Waals surface area contributed by atoms with Crippen molar-refractivity contribution in [3.05, 3.63) is 59.9 Å². The molecule has 8 heteroatoms. The molecule has 196 valence electrons. The smallest absolute Gasteiger partial charge is 0.253 e. The third-order valence-electron chi connectivity index (χ3n) is 7.25. The van der Waals surface area contributed by atoms with Gasteiger partial charge in [0, 0.05) is 29.7 Å². The minimum absolute atomic E-state index is 0.0662. The summed E-state index contributed by atoms with van der Waals surface area (Å²) in [6, 6.07) is 9.67. The topological polar surface area (TPSA) is 98.6 Å². The van der Waals surface area contributed by atoms with Crippen molar-refractivity contribution in [2.24, 2.45) is 0 Å². The van der Waals surface area contributed by atoms with Crippen LogP contribution in [0.4, 0.5) is 5.69 Å². The number of nitriles is 1.